The molecule has 1 aromatic carbocycles. The average Bonchev–Trinajstić information content (AvgIpc) is 2.46. The molecule has 6 heteroatoms. The Morgan fingerprint density at radius 3 is 2.71 bits per heavy atom. The molecule has 2 rings (SSSR count). The van der Waals surface area contributed by atoms with E-state index in [0.29, 0.717) is 19.5 Å². The van der Waals surface area contributed by atoms with Crippen LogP contribution in [-0.4, -0.2) is 30.9 Å². The third kappa shape index (κ3) is 3.83. The maximum atomic E-state index is 12.0. The minimum Gasteiger partial charge on any atom is -0.326 e. The second-order valence-electron chi connectivity index (χ2n) is 5.27. The van der Waals surface area contributed by atoms with Crippen LogP contribution < -0.4 is 5.32 Å². The van der Waals surface area contributed by atoms with Crippen molar-refractivity contribution in [2.24, 2.45) is 0 Å². The van der Waals surface area contributed by atoms with E-state index in [9.17, 15) is 13.2 Å². The van der Waals surface area contributed by atoms with E-state index >= 15 is 0 Å². The van der Waals surface area contributed by atoms with Gasteiger partial charge in [-0.1, -0.05) is 13.0 Å². The molecule has 116 valence electrons. The van der Waals surface area contributed by atoms with Crippen LogP contribution in [0.3, 0.4) is 0 Å². The number of hydrogen-bond acceptors (Lipinski definition) is 3. The minimum atomic E-state index is -3.16. The molecule has 0 saturated carbocycles. The molecule has 0 spiro atoms. The van der Waals surface area contributed by atoms with Crippen LogP contribution in [0.2, 0.25) is 0 Å². The van der Waals surface area contributed by atoms with Gasteiger partial charge in [-0.05, 0) is 43.0 Å². The van der Waals surface area contributed by atoms with E-state index in [4.69, 9.17) is 0 Å². The van der Waals surface area contributed by atoms with Gasteiger partial charge in [-0.3, -0.25) is 4.79 Å². The van der Waals surface area contributed by atoms with Crippen LogP contribution in [0, 0.1) is 0 Å². The Bertz CT molecular complexity index is 626. The number of hydrogen-bond donors (Lipinski definition) is 1. The van der Waals surface area contributed by atoms with E-state index in [0.717, 1.165) is 29.7 Å². The molecule has 0 bridgehead atoms. The Morgan fingerprint density at radius 1 is 1.29 bits per heavy atom. The van der Waals surface area contributed by atoms with Crippen molar-refractivity contribution >= 4 is 21.6 Å². The Morgan fingerprint density at radius 2 is 2.05 bits per heavy atom. The van der Waals surface area contributed by atoms with Gasteiger partial charge in [-0.2, -0.15) is 4.31 Å². The molecule has 0 radical (unpaired) electrons. The number of amides is 1. The van der Waals surface area contributed by atoms with Crippen LogP contribution in [0.5, 0.6) is 0 Å². The Kier molecular flexibility index (Phi) is 5.00. The molecule has 5 nitrogen and oxygen atoms in total. The standard InChI is InChI=1S/C15H22N2O3S/c1-3-5-15(18)16-14-7-6-12-8-9-17(11-13(12)10-14)21(19,20)4-2/h6-7,10H,3-5,8-9,11H2,1-2H3,(H,16,18). The molecule has 1 N–H and O–H groups in total. The normalized spacial score (nSPS) is 15.5. The van der Waals surface area contributed by atoms with E-state index in [1.165, 1.54) is 4.31 Å². The summed E-state index contributed by atoms with van der Waals surface area (Å²) >= 11 is 0. The topological polar surface area (TPSA) is 66.5 Å². The lowest BCUT2D eigenvalue weighted by molar-refractivity contribution is -0.116. The summed E-state index contributed by atoms with van der Waals surface area (Å²) in [5.74, 6) is 0.112. The summed E-state index contributed by atoms with van der Waals surface area (Å²) in [7, 11) is -3.16. The minimum absolute atomic E-state index is 0.00806. The van der Waals surface area contributed by atoms with Crippen LogP contribution >= 0.6 is 0 Å². The summed E-state index contributed by atoms with van der Waals surface area (Å²) in [6, 6.07) is 5.75. The highest BCUT2D eigenvalue weighted by Crippen LogP contribution is 2.24. The molecular weight excluding hydrogens is 288 g/mol. The van der Waals surface area contributed by atoms with Crippen molar-refractivity contribution in [3.63, 3.8) is 0 Å². The molecule has 1 aliphatic heterocycles. The van der Waals surface area contributed by atoms with E-state index in [1.807, 2.05) is 25.1 Å². The number of rotatable bonds is 5. The fourth-order valence-electron chi connectivity index (χ4n) is 2.48. The van der Waals surface area contributed by atoms with Crippen molar-refractivity contribution in [3.8, 4) is 0 Å². The summed E-state index contributed by atoms with van der Waals surface area (Å²) in [6.07, 6.45) is 2.02. The van der Waals surface area contributed by atoms with Gasteiger partial charge < -0.3 is 5.32 Å². The first-order chi connectivity index (χ1) is 9.96. The van der Waals surface area contributed by atoms with E-state index in [-0.39, 0.29) is 11.7 Å². The molecule has 1 heterocycles. The summed E-state index contributed by atoms with van der Waals surface area (Å²) in [5, 5.41) is 2.85. The smallest absolute Gasteiger partial charge is 0.224 e. The molecular formula is C15H22N2O3S. The lowest BCUT2D eigenvalue weighted by atomic mass is 10.0. The summed E-state index contributed by atoms with van der Waals surface area (Å²) in [4.78, 5) is 11.6. The van der Waals surface area contributed by atoms with Gasteiger partial charge in [0, 0.05) is 25.2 Å². The van der Waals surface area contributed by atoms with Crippen molar-refractivity contribution in [1.29, 1.82) is 0 Å². The fraction of sp³-hybridized carbons (Fsp3) is 0.533. The van der Waals surface area contributed by atoms with Crippen molar-refractivity contribution in [2.45, 2.75) is 39.7 Å². The predicted octanol–water partition coefficient (Wildman–Crippen LogP) is 2.13. The van der Waals surface area contributed by atoms with Crippen LogP contribution in [0.1, 0.15) is 37.8 Å². The molecule has 0 aliphatic carbocycles. The van der Waals surface area contributed by atoms with Gasteiger partial charge in [-0.25, -0.2) is 8.42 Å². The largest absolute Gasteiger partial charge is 0.326 e. The van der Waals surface area contributed by atoms with Crippen LogP contribution in [0.25, 0.3) is 0 Å². The molecule has 1 aliphatic rings. The maximum Gasteiger partial charge on any atom is 0.224 e. The number of nitrogens with one attached hydrogen (secondary N) is 1. The zero-order valence-electron chi connectivity index (χ0n) is 12.6. The number of benzene rings is 1. The number of carbonyl (C=O) groups excluding carboxylic acids is 1. The van der Waals surface area contributed by atoms with Gasteiger partial charge in [-0.15, -0.1) is 0 Å². The molecule has 1 aromatic rings. The lowest BCUT2D eigenvalue weighted by Crippen LogP contribution is -2.36. The molecule has 0 atom stereocenters. The van der Waals surface area contributed by atoms with Gasteiger partial charge in [0.05, 0.1) is 5.75 Å². The number of anilines is 1. The highest BCUT2D eigenvalue weighted by molar-refractivity contribution is 7.89. The maximum absolute atomic E-state index is 12.0. The van der Waals surface area contributed by atoms with Gasteiger partial charge in [0.25, 0.3) is 0 Å². The van der Waals surface area contributed by atoms with Crippen molar-refractivity contribution in [3.05, 3.63) is 29.3 Å². The molecule has 0 unspecified atom stereocenters. The molecule has 0 fully saturated rings. The zero-order chi connectivity index (χ0) is 15.5. The first-order valence-corrected chi connectivity index (χ1v) is 8.96. The Labute approximate surface area is 126 Å². The first-order valence-electron chi connectivity index (χ1n) is 7.35. The van der Waals surface area contributed by atoms with Crippen LogP contribution in [-0.2, 0) is 27.8 Å². The van der Waals surface area contributed by atoms with Gasteiger partial charge >= 0.3 is 0 Å². The van der Waals surface area contributed by atoms with Crippen LogP contribution in [0.4, 0.5) is 5.69 Å². The summed E-state index contributed by atoms with van der Waals surface area (Å²) in [6.45, 7) is 4.54. The van der Waals surface area contributed by atoms with Crippen molar-refractivity contribution in [2.75, 3.05) is 17.6 Å². The summed E-state index contributed by atoms with van der Waals surface area (Å²) in [5.41, 5.74) is 2.88. The number of fused-ring (bicyclic) bond motifs is 1. The Hall–Kier alpha value is -1.40. The van der Waals surface area contributed by atoms with Gasteiger partial charge in [0.2, 0.25) is 15.9 Å². The third-order valence-electron chi connectivity index (χ3n) is 3.70. The van der Waals surface area contributed by atoms with Crippen LogP contribution in [0.15, 0.2) is 18.2 Å². The SMILES string of the molecule is CCCC(=O)Nc1ccc2c(c1)CN(S(=O)(=O)CC)CC2. The van der Waals surface area contributed by atoms with Gasteiger partial charge in [0.1, 0.15) is 0 Å². The van der Waals surface area contributed by atoms with Crippen molar-refractivity contribution < 1.29 is 13.2 Å². The average molecular weight is 310 g/mol. The molecule has 1 amide bonds. The molecule has 0 aromatic heterocycles. The van der Waals surface area contributed by atoms with E-state index in [1.54, 1.807) is 6.92 Å². The molecule has 0 saturated heterocycles. The second kappa shape index (κ2) is 6.58. The summed E-state index contributed by atoms with van der Waals surface area (Å²) < 4.78 is 25.5. The Balaban J connectivity index is 2.16. The second-order valence-corrected chi connectivity index (χ2v) is 7.52. The van der Waals surface area contributed by atoms with E-state index in [2.05, 4.69) is 5.32 Å². The van der Waals surface area contributed by atoms with Gasteiger partial charge in [0.15, 0.2) is 0 Å². The highest BCUT2D eigenvalue weighted by Gasteiger charge is 2.25. The van der Waals surface area contributed by atoms with Crippen molar-refractivity contribution in [1.82, 2.24) is 4.31 Å². The monoisotopic (exact) mass is 310 g/mol. The molecule has 21 heavy (non-hydrogen) atoms. The predicted molar refractivity (Wildman–Crippen MR) is 83.6 cm³/mol. The number of sulfonamides is 1. The lowest BCUT2D eigenvalue weighted by Gasteiger charge is -2.28. The quantitative estimate of drug-likeness (QED) is 0.906. The highest BCUT2D eigenvalue weighted by atomic mass is 32.2. The van der Waals surface area contributed by atoms with E-state index < -0.39 is 10.0 Å². The number of nitrogens with zero attached hydrogens (tertiary/aromatic N) is 1. The third-order valence-corrected chi connectivity index (χ3v) is 5.53. The first kappa shape index (κ1) is 16.0. The fourth-order valence-corrected chi connectivity index (χ4v) is 3.55. The number of carbonyl (C=O) groups is 1. The zero-order valence-corrected chi connectivity index (χ0v) is 13.4.